The average Bonchev–Trinajstić information content (AvgIpc) is 3.23. The summed E-state index contributed by atoms with van der Waals surface area (Å²) in [6.07, 6.45) is 6.21. The van der Waals surface area contributed by atoms with E-state index < -0.39 is 0 Å². The lowest BCUT2D eigenvalue weighted by Gasteiger charge is -2.10. The number of furan rings is 1. The van der Waals surface area contributed by atoms with E-state index in [1.807, 2.05) is 12.1 Å². The quantitative estimate of drug-likeness (QED) is 0.476. The van der Waals surface area contributed by atoms with Crippen LogP contribution in [0.25, 0.3) is 16.9 Å². The topological polar surface area (TPSA) is 120 Å². The Labute approximate surface area is 156 Å². The molecule has 0 fully saturated rings. The lowest BCUT2D eigenvalue weighted by Crippen LogP contribution is -2.15. The highest BCUT2D eigenvalue weighted by atomic mass is 16.3. The summed E-state index contributed by atoms with van der Waals surface area (Å²) >= 11 is 0. The highest BCUT2D eigenvalue weighted by Crippen LogP contribution is 2.27. The predicted octanol–water partition coefficient (Wildman–Crippen LogP) is 3.18. The number of rotatable bonds is 5. The summed E-state index contributed by atoms with van der Waals surface area (Å²) in [6.45, 7) is 0. The van der Waals surface area contributed by atoms with E-state index in [4.69, 9.17) is 15.9 Å². The van der Waals surface area contributed by atoms with Crippen molar-refractivity contribution in [2.24, 2.45) is 10.7 Å². The van der Waals surface area contributed by atoms with Crippen molar-refractivity contribution in [1.29, 1.82) is 0 Å². The van der Waals surface area contributed by atoms with Crippen LogP contribution in [0.3, 0.4) is 0 Å². The predicted molar refractivity (Wildman–Crippen MR) is 107 cm³/mol. The molecule has 2 aromatic heterocycles. The molecule has 7 heteroatoms. The molecule has 0 aliphatic rings. The first-order valence-corrected chi connectivity index (χ1v) is 8.17. The molecule has 3 aromatic rings. The van der Waals surface area contributed by atoms with E-state index in [0.29, 0.717) is 22.7 Å². The first-order chi connectivity index (χ1) is 13.1. The Kier molecular flexibility index (Phi) is 5.32. The Morgan fingerprint density at radius 2 is 2.11 bits per heavy atom. The molecular weight excluding hydrogens is 342 g/mol. The fourth-order valence-corrected chi connectivity index (χ4v) is 2.50. The maximum absolute atomic E-state index is 12.5. The zero-order valence-corrected chi connectivity index (χ0v) is 14.7. The van der Waals surface area contributed by atoms with Crippen LogP contribution in [0.15, 0.2) is 70.5 Å². The van der Waals surface area contributed by atoms with Gasteiger partial charge in [-0.05, 0) is 36.4 Å². The van der Waals surface area contributed by atoms with Crippen LogP contribution >= 0.6 is 0 Å². The number of anilines is 2. The van der Waals surface area contributed by atoms with Gasteiger partial charge in [0.25, 0.3) is 5.91 Å². The number of nitrogens with two attached hydrogens (primary N) is 2. The third-order valence-electron chi connectivity index (χ3n) is 3.88. The number of hydrogen-bond donors (Lipinski definition) is 3. The second-order valence-corrected chi connectivity index (χ2v) is 5.67. The van der Waals surface area contributed by atoms with Gasteiger partial charge in [-0.2, -0.15) is 0 Å². The number of carbonyl (C=O) groups is 1. The van der Waals surface area contributed by atoms with Crippen LogP contribution in [-0.4, -0.2) is 24.2 Å². The molecule has 0 radical (unpaired) electrons. The molecule has 2 heterocycles. The summed E-state index contributed by atoms with van der Waals surface area (Å²) < 4.78 is 5.38. The monoisotopic (exact) mass is 361 g/mol. The number of benzene rings is 1. The second-order valence-electron chi connectivity index (χ2n) is 5.67. The van der Waals surface area contributed by atoms with Crippen LogP contribution in [0.4, 0.5) is 11.4 Å². The molecule has 0 atom stereocenters. The Hall–Kier alpha value is -3.87. The molecule has 1 amide bonds. The summed E-state index contributed by atoms with van der Waals surface area (Å²) in [5, 5.41) is 2.78. The first kappa shape index (κ1) is 17.9. The number of nitrogen functional groups attached to an aromatic ring is 1. The number of nitrogens with one attached hydrogen (secondary N) is 1. The molecule has 0 aliphatic carbocycles. The Morgan fingerprint density at radius 1 is 1.26 bits per heavy atom. The number of aliphatic imine (C=N–C) groups is 1. The lowest BCUT2D eigenvalue weighted by atomic mass is 10.1. The van der Waals surface area contributed by atoms with Gasteiger partial charge in [0.05, 0.1) is 17.6 Å². The van der Waals surface area contributed by atoms with Crippen LogP contribution in [0, 0.1) is 0 Å². The van der Waals surface area contributed by atoms with Gasteiger partial charge in [0.2, 0.25) is 0 Å². The standard InChI is InChI=1S/C20H19N5O2/c1-23-11-15(10-21)14-5-7-17(24-12-14)20(26)25-18-9-13(4-6-16(18)22)19-3-2-8-27-19/h2-12H,21-22H2,1H3,(H,25,26)/b15-10+,23-11?. The molecule has 0 saturated carbocycles. The SMILES string of the molecule is CN=C/C(=C\N)c1ccc(C(=O)Nc2cc(-c3ccco3)ccc2N)nc1. The molecule has 0 aliphatic heterocycles. The van der Waals surface area contributed by atoms with Crippen molar-refractivity contribution in [3.63, 3.8) is 0 Å². The maximum Gasteiger partial charge on any atom is 0.274 e. The van der Waals surface area contributed by atoms with Gasteiger partial charge in [0.15, 0.2) is 0 Å². The fourth-order valence-electron chi connectivity index (χ4n) is 2.50. The van der Waals surface area contributed by atoms with Gasteiger partial charge in [0.1, 0.15) is 11.5 Å². The van der Waals surface area contributed by atoms with E-state index in [-0.39, 0.29) is 11.6 Å². The van der Waals surface area contributed by atoms with Crippen molar-refractivity contribution in [1.82, 2.24) is 4.98 Å². The van der Waals surface area contributed by atoms with E-state index in [0.717, 1.165) is 11.1 Å². The van der Waals surface area contributed by atoms with Crippen LogP contribution in [0.5, 0.6) is 0 Å². The van der Waals surface area contributed by atoms with E-state index >= 15 is 0 Å². The van der Waals surface area contributed by atoms with Crippen LogP contribution in [0.1, 0.15) is 16.1 Å². The van der Waals surface area contributed by atoms with Crippen molar-refractivity contribution in [3.05, 3.63) is 72.4 Å². The van der Waals surface area contributed by atoms with Crippen LogP contribution < -0.4 is 16.8 Å². The van der Waals surface area contributed by atoms with Gasteiger partial charge in [-0.3, -0.25) is 14.8 Å². The molecule has 27 heavy (non-hydrogen) atoms. The van der Waals surface area contributed by atoms with Gasteiger partial charge >= 0.3 is 0 Å². The minimum absolute atomic E-state index is 0.256. The Morgan fingerprint density at radius 3 is 2.74 bits per heavy atom. The molecule has 0 spiro atoms. The summed E-state index contributed by atoms with van der Waals surface area (Å²) in [7, 11) is 1.65. The lowest BCUT2D eigenvalue weighted by molar-refractivity contribution is 0.102. The van der Waals surface area contributed by atoms with E-state index in [1.54, 1.807) is 56.1 Å². The summed E-state index contributed by atoms with van der Waals surface area (Å²) in [5.74, 6) is 0.318. The van der Waals surface area contributed by atoms with E-state index in [1.165, 1.54) is 6.20 Å². The van der Waals surface area contributed by atoms with Crippen molar-refractivity contribution in [2.45, 2.75) is 0 Å². The highest BCUT2D eigenvalue weighted by molar-refractivity contribution is 6.10. The molecular formula is C20H19N5O2. The number of aromatic nitrogens is 1. The number of hydrogen-bond acceptors (Lipinski definition) is 6. The molecule has 7 nitrogen and oxygen atoms in total. The largest absolute Gasteiger partial charge is 0.464 e. The van der Waals surface area contributed by atoms with Crippen molar-refractivity contribution in [3.8, 4) is 11.3 Å². The summed E-state index contributed by atoms with van der Waals surface area (Å²) in [6, 6.07) is 12.3. The minimum atomic E-state index is -0.368. The summed E-state index contributed by atoms with van der Waals surface area (Å²) in [4.78, 5) is 20.7. The van der Waals surface area contributed by atoms with Gasteiger partial charge < -0.3 is 21.2 Å². The molecule has 5 N–H and O–H groups in total. The number of amides is 1. The fraction of sp³-hybridized carbons (Fsp3) is 0.0500. The van der Waals surface area contributed by atoms with Crippen molar-refractivity contribution in [2.75, 3.05) is 18.1 Å². The number of carbonyl (C=O) groups excluding carboxylic acids is 1. The zero-order chi connectivity index (χ0) is 19.2. The van der Waals surface area contributed by atoms with E-state index in [9.17, 15) is 4.79 Å². The Balaban J connectivity index is 1.80. The minimum Gasteiger partial charge on any atom is -0.464 e. The van der Waals surface area contributed by atoms with Gasteiger partial charge in [-0.25, -0.2) is 0 Å². The number of pyridine rings is 1. The second kappa shape index (κ2) is 8.01. The zero-order valence-electron chi connectivity index (χ0n) is 14.7. The molecule has 3 rings (SSSR count). The highest BCUT2D eigenvalue weighted by Gasteiger charge is 2.12. The van der Waals surface area contributed by atoms with Crippen LogP contribution in [-0.2, 0) is 0 Å². The van der Waals surface area contributed by atoms with Gasteiger partial charge in [-0.15, -0.1) is 0 Å². The van der Waals surface area contributed by atoms with Gasteiger partial charge in [-0.1, -0.05) is 6.07 Å². The molecule has 1 aromatic carbocycles. The molecule has 0 saturated heterocycles. The Bertz CT molecular complexity index is 990. The molecule has 0 unspecified atom stereocenters. The first-order valence-electron chi connectivity index (χ1n) is 8.17. The third-order valence-corrected chi connectivity index (χ3v) is 3.88. The van der Waals surface area contributed by atoms with Crippen molar-refractivity contribution < 1.29 is 9.21 Å². The van der Waals surface area contributed by atoms with Crippen LogP contribution in [0.2, 0.25) is 0 Å². The average molecular weight is 361 g/mol. The maximum atomic E-state index is 12.5. The third kappa shape index (κ3) is 4.04. The van der Waals surface area contributed by atoms with Gasteiger partial charge in [0, 0.05) is 42.4 Å². The molecule has 136 valence electrons. The van der Waals surface area contributed by atoms with E-state index in [2.05, 4.69) is 15.3 Å². The normalized spacial score (nSPS) is 11.7. The summed E-state index contributed by atoms with van der Waals surface area (Å²) in [5.41, 5.74) is 15.0. The number of nitrogens with zero attached hydrogens (tertiary/aromatic N) is 2. The smallest absolute Gasteiger partial charge is 0.274 e. The number of allylic oxidation sites excluding steroid dienone is 1. The van der Waals surface area contributed by atoms with Crippen molar-refractivity contribution >= 4 is 29.1 Å². The molecule has 0 bridgehead atoms.